The molecule has 0 bridgehead atoms. The van der Waals surface area contributed by atoms with E-state index in [1.165, 1.54) is 7.11 Å². The monoisotopic (exact) mass is 295 g/mol. The molecule has 2 rings (SSSR count). The molecule has 21 heavy (non-hydrogen) atoms. The minimum Gasteiger partial charge on any atom is -0.496 e. The Morgan fingerprint density at radius 2 is 1.71 bits per heavy atom. The molecule has 5 heteroatoms. The Bertz CT molecular complexity index is 608. The van der Waals surface area contributed by atoms with Crippen molar-refractivity contribution in [1.82, 2.24) is 0 Å². The lowest BCUT2D eigenvalue weighted by molar-refractivity contribution is 0.406. The third-order valence-corrected chi connectivity index (χ3v) is 3.25. The van der Waals surface area contributed by atoms with Crippen molar-refractivity contribution in [2.45, 2.75) is 19.4 Å². The summed E-state index contributed by atoms with van der Waals surface area (Å²) in [5.41, 5.74) is 0.444. The van der Waals surface area contributed by atoms with Crippen LogP contribution in [0.1, 0.15) is 24.9 Å². The summed E-state index contributed by atoms with van der Waals surface area (Å²) in [6.45, 7) is 1.88. The third-order valence-electron chi connectivity index (χ3n) is 3.25. The van der Waals surface area contributed by atoms with Crippen LogP contribution in [0.25, 0.3) is 0 Å². The summed E-state index contributed by atoms with van der Waals surface area (Å²) in [6, 6.07) is 8.18. The van der Waals surface area contributed by atoms with Gasteiger partial charge >= 0.3 is 0 Å². The molecule has 2 aromatic carbocycles. The molecule has 0 aliphatic heterocycles. The van der Waals surface area contributed by atoms with Crippen LogP contribution in [0.4, 0.5) is 18.9 Å². The van der Waals surface area contributed by atoms with Crippen molar-refractivity contribution in [2.24, 2.45) is 0 Å². The van der Waals surface area contributed by atoms with E-state index in [0.717, 1.165) is 5.56 Å². The molecule has 0 radical (unpaired) electrons. The van der Waals surface area contributed by atoms with Gasteiger partial charge in [0.2, 0.25) is 0 Å². The van der Waals surface area contributed by atoms with Crippen LogP contribution in [-0.4, -0.2) is 7.11 Å². The Hall–Kier alpha value is -2.17. The fourth-order valence-corrected chi connectivity index (χ4v) is 2.21. The molecule has 0 fully saturated rings. The van der Waals surface area contributed by atoms with Gasteiger partial charge < -0.3 is 10.1 Å². The number of anilines is 1. The van der Waals surface area contributed by atoms with Crippen LogP contribution in [0.2, 0.25) is 0 Å². The van der Waals surface area contributed by atoms with Gasteiger partial charge in [0, 0.05) is 17.7 Å². The minimum absolute atomic E-state index is 0.339. The molecule has 0 saturated heterocycles. The quantitative estimate of drug-likeness (QED) is 0.865. The molecule has 1 unspecified atom stereocenters. The van der Waals surface area contributed by atoms with Crippen molar-refractivity contribution in [2.75, 3.05) is 12.4 Å². The van der Waals surface area contributed by atoms with Crippen LogP contribution in [0.3, 0.4) is 0 Å². The zero-order valence-electron chi connectivity index (χ0n) is 11.8. The maximum atomic E-state index is 13.7. The van der Waals surface area contributed by atoms with Crippen LogP contribution in [-0.2, 0) is 0 Å². The maximum absolute atomic E-state index is 13.7. The standard InChI is InChI=1S/C16H16F3NO/c1-3-14(11-6-4-5-7-15(11)21-2)20-16-12(18)8-10(17)9-13(16)19/h4-9,14,20H,3H2,1-2H3. The Labute approximate surface area is 121 Å². The Morgan fingerprint density at radius 3 is 2.29 bits per heavy atom. The SMILES string of the molecule is CCC(Nc1c(F)cc(F)cc1F)c1ccccc1OC. The number of rotatable bonds is 5. The molecule has 0 heterocycles. The van der Waals surface area contributed by atoms with Crippen LogP contribution in [0, 0.1) is 17.5 Å². The molecule has 2 nitrogen and oxygen atoms in total. The summed E-state index contributed by atoms with van der Waals surface area (Å²) in [4.78, 5) is 0. The van der Waals surface area contributed by atoms with Crippen molar-refractivity contribution >= 4 is 5.69 Å². The van der Waals surface area contributed by atoms with Gasteiger partial charge in [-0.1, -0.05) is 25.1 Å². The normalized spacial score (nSPS) is 12.0. The van der Waals surface area contributed by atoms with Gasteiger partial charge in [-0.3, -0.25) is 0 Å². The second-order valence-electron chi connectivity index (χ2n) is 4.59. The summed E-state index contributed by atoms with van der Waals surface area (Å²) in [5, 5.41) is 2.79. The number of methoxy groups -OCH3 is 1. The molecule has 0 aromatic heterocycles. The molecule has 0 aliphatic rings. The Balaban J connectivity index is 2.36. The molecule has 0 saturated carbocycles. The highest BCUT2D eigenvalue weighted by atomic mass is 19.1. The van der Waals surface area contributed by atoms with Gasteiger partial charge in [0.1, 0.15) is 17.3 Å². The summed E-state index contributed by atoms with van der Waals surface area (Å²) in [5.74, 6) is -2.23. The second kappa shape index (κ2) is 6.52. The predicted octanol–water partition coefficient (Wildman–Crippen LogP) is 4.68. The zero-order chi connectivity index (χ0) is 15.4. The molecule has 0 spiro atoms. The highest BCUT2D eigenvalue weighted by molar-refractivity contribution is 5.50. The summed E-state index contributed by atoms with van der Waals surface area (Å²) in [7, 11) is 1.53. The minimum atomic E-state index is -0.958. The number of para-hydroxylation sites is 1. The first-order chi connectivity index (χ1) is 10.1. The molecule has 1 N–H and O–H groups in total. The van der Waals surface area contributed by atoms with Crippen LogP contribution in [0.5, 0.6) is 5.75 Å². The van der Waals surface area contributed by atoms with Crippen molar-refractivity contribution in [3.05, 3.63) is 59.4 Å². The van der Waals surface area contributed by atoms with Gasteiger partial charge in [0.05, 0.1) is 13.2 Å². The molecule has 1 atom stereocenters. The van der Waals surface area contributed by atoms with Gasteiger partial charge in [0.15, 0.2) is 11.6 Å². The van der Waals surface area contributed by atoms with Crippen LogP contribution in [0.15, 0.2) is 36.4 Å². The number of halogens is 3. The van der Waals surface area contributed by atoms with Gasteiger partial charge in [0.25, 0.3) is 0 Å². The van der Waals surface area contributed by atoms with Crippen molar-refractivity contribution in [3.63, 3.8) is 0 Å². The number of nitrogens with one attached hydrogen (secondary N) is 1. The molecule has 2 aromatic rings. The molecular formula is C16H16F3NO. The average molecular weight is 295 g/mol. The molecular weight excluding hydrogens is 279 g/mol. The second-order valence-corrected chi connectivity index (χ2v) is 4.59. The Kier molecular flexibility index (Phi) is 4.73. The largest absolute Gasteiger partial charge is 0.496 e. The number of hydrogen-bond acceptors (Lipinski definition) is 2. The smallest absolute Gasteiger partial charge is 0.152 e. The highest BCUT2D eigenvalue weighted by Crippen LogP contribution is 2.32. The van der Waals surface area contributed by atoms with E-state index in [4.69, 9.17) is 4.74 Å². The van der Waals surface area contributed by atoms with E-state index in [1.54, 1.807) is 6.07 Å². The number of hydrogen-bond donors (Lipinski definition) is 1. The van der Waals surface area contributed by atoms with E-state index < -0.39 is 17.5 Å². The fraction of sp³-hybridized carbons (Fsp3) is 0.250. The number of ether oxygens (including phenoxy) is 1. The van der Waals surface area contributed by atoms with Crippen LogP contribution < -0.4 is 10.1 Å². The van der Waals surface area contributed by atoms with Crippen molar-refractivity contribution in [1.29, 1.82) is 0 Å². The first-order valence-electron chi connectivity index (χ1n) is 6.60. The van der Waals surface area contributed by atoms with E-state index in [-0.39, 0.29) is 11.7 Å². The van der Waals surface area contributed by atoms with E-state index >= 15 is 0 Å². The zero-order valence-corrected chi connectivity index (χ0v) is 11.8. The first-order valence-corrected chi connectivity index (χ1v) is 6.60. The average Bonchev–Trinajstić information content (AvgIpc) is 2.46. The summed E-state index contributed by atoms with van der Waals surface area (Å²) in [6.07, 6.45) is 0.580. The van der Waals surface area contributed by atoms with E-state index in [2.05, 4.69) is 5.32 Å². The first kappa shape index (κ1) is 15.2. The van der Waals surface area contributed by atoms with Gasteiger partial charge in [-0.2, -0.15) is 0 Å². The van der Waals surface area contributed by atoms with Gasteiger partial charge in [-0.25, -0.2) is 13.2 Å². The third kappa shape index (κ3) is 3.29. The van der Waals surface area contributed by atoms with E-state index in [1.807, 2.05) is 25.1 Å². The summed E-state index contributed by atoms with van der Waals surface area (Å²) >= 11 is 0. The topological polar surface area (TPSA) is 21.3 Å². The van der Waals surface area contributed by atoms with Gasteiger partial charge in [-0.05, 0) is 12.5 Å². The molecule has 0 aliphatic carbocycles. The van der Waals surface area contributed by atoms with Crippen molar-refractivity contribution in [3.8, 4) is 5.75 Å². The lowest BCUT2D eigenvalue weighted by Crippen LogP contribution is -2.13. The molecule has 0 amide bonds. The van der Waals surface area contributed by atoms with E-state index in [0.29, 0.717) is 24.3 Å². The van der Waals surface area contributed by atoms with Crippen molar-refractivity contribution < 1.29 is 17.9 Å². The number of benzene rings is 2. The Morgan fingerprint density at radius 1 is 1.10 bits per heavy atom. The lowest BCUT2D eigenvalue weighted by atomic mass is 10.0. The maximum Gasteiger partial charge on any atom is 0.152 e. The summed E-state index contributed by atoms with van der Waals surface area (Å²) < 4.78 is 45.7. The fourth-order valence-electron chi connectivity index (χ4n) is 2.21. The molecule has 112 valence electrons. The highest BCUT2D eigenvalue weighted by Gasteiger charge is 2.18. The van der Waals surface area contributed by atoms with Crippen LogP contribution >= 0.6 is 0 Å². The van der Waals surface area contributed by atoms with Gasteiger partial charge in [-0.15, -0.1) is 0 Å². The lowest BCUT2D eigenvalue weighted by Gasteiger charge is -2.21. The van der Waals surface area contributed by atoms with E-state index in [9.17, 15) is 13.2 Å². The predicted molar refractivity (Wildman–Crippen MR) is 76.0 cm³/mol.